The van der Waals surface area contributed by atoms with E-state index in [0.717, 1.165) is 22.5 Å². The number of ether oxygens (including phenoxy) is 2. The quantitative estimate of drug-likeness (QED) is 0.152. The van der Waals surface area contributed by atoms with Crippen LogP contribution >= 0.6 is 0 Å². The second kappa shape index (κ2) is 13.7. The van der Waals surface area contributed by atoms with Crippen molar-refractivity contribution >= 4 is 46.0 Å². The highest BCUT2D eigenvalue weighted by molar-refractivity contribution is 6.55. The monoisotopic (exact) mass is 606 g/mol. The summed E-state index contributed by atoms with van der Waals surface area (Å²) in [7, 11) is 0. The third kappa shape index (κ3) is 6.24. The van der Waals surface area contributed by atoms with E-state index in [9.17, 15) is 9.59 Å². The van der Waals surface area contributed by atoms with Gasteiger partial charge in [-0.1, -0.05) is 48.2 Å². The summed E-state index contributed by atoms with van der Waals surface area (Å²) >= 11 is 0. The molecule has 2 heterocycles. The highest BCUT2D eigenvalue weighted by Gasteiger charge is 2.35. The van der Waals surface area contributed by atoms with Crippen LogP contribution in [0, 0.1) is 24.7 Å². The van der Waals surface area contributed by atoms with Crippen molar-refractivity contribution in [2.75, 3.05) is 36.1 Å². The maximum Gasteiger partial charge on any atom is 0.277 e. The number of carbonyl (C=O) groups excluding carboxylic acids is 2. The topological polar surface area (TPSA) is 83.8 Å². The number of hydrogen-bond acceptors (Lipinski definition) is 6. The van der Waals surface area contributed by atoms with Gasteiger partial charge in [0.15, 0.2) is 0 Å². The van der Waals surface area contributed by atoms with Crippen molar-refractivity contribution in [1.82, 2.24) is 0 Å². The van der Waals surface area contributed by atoms with Crippen LogP contribution in [0.4, 0.5) is 22.7 Å². The Labute approximate surface area is 268 Å². The summed E-state index contributed by atoms with van der Waals surface area (Å²) in [5.41, 5.74) is 5.32. The molecular formula is C38H30N4O4. The van der Waals surface area contributed by atoms with Crippen LogP contribution in [0.5, 0.6) is 11.5 Å². The predicted octanol–water partition coefficient (Wildman–Crippen LogP) is 6.13. The molecule has 0 atom stereocenters. The molecule has 0 aromatic heterocycles. The van der Waals surface area contributed by atoms with Crippen LogP contribution in [0.25, 0.3) is 0 Å². The van der Waals surface area contributed by atoms with E-state index in [4.69, 9.17) is 22.3 Å². The molecule has 2 amide bonds. The average Bonchev–Trinajstić information content (AvgIpc) is 3.51. The van der Waals surface area contributed by atoms with Crippen molar-refractivity contribution in [3.05, 3.63) is 108 Å². The Morgan fingerprint density at radius 3 is 1.35 bits per heavy atom. The minimum atomic E-state index is -0.151. The van der Waals surface area contributed by atoms with Crippen LogP contribution in [0.2, 0.25) is 0 Å². The van der Waals surface area contributed by atoms with Crippen LogP contribution in [-0.2, 0) is 9.59 Å². The standard InChI is InChI=1S/C38H30N4O4/c1-3-25-45-29-19-15-27(16-20-29)39-35-31-11-5-7-13-33(31)41(37(35)43)23-9-10-24-42-34-14-8-6-12-32(34)36(38(42)44)40-28-17-21-30(22-18-28)46-26-4-2/h1-2,5-8,11-22H,9-10,23-26H2/b39-35+,40-36+. The number of unbranched alkanes of at least 4 members (excludes halogenated alkanes) is 1. The smallest absolute Gasteiger partial charge is 0.277 e. The van der Waals surface area contributed by atoms with Crippen molar-refractivity contribution in [2.24, 2.45) is 9.98 Å². The maximum absolute atomic E-state index is 13.6. The number of para-hydroxylation sites is 2. The zero-order chi connectivity index (χ0) is 31.9. The minimum Gasteiger partial charge on any atom is -0.481 e. The van der Waals surface area contributed by atoms with E-state index in [2.05, 4.69) is 21.8 Å². The molecule has 0 spiro atoms. The molecule has 0 N–H and O–H groups in total. The first-order valence-electron chi connectivity index (χ1n) is 14.9. The summed E-state index contributed by atoms with van der Waals surface area (Å²) in [6.07, 6.45) is 11.9. The molecule has 46 heavy (non-hydrogen) atoms. The summed E-state index contributed by atoms with van der Waals surface area (Å²) in [5.74, 6) is 5.85. The van der Waals surface area contributed by atoms with Gasteiger partial charge in [-0.3, -0.25) is 9.59 Å². The van der Waals surface area contributed by atoms with Gasteiger partial charge in [0.1, 0.15) is 36.1 Å². The van der Waals surface area contributed by atoms with E-state index >= 15 is 0 Å². The van der Waals surface area contributed by atoms with Gasteiger partial charge in [-0.25, -0.2) is 9.98 Å². The fourth-order valence-corrected chi connectivity index (χ4v) is 5.47. The zero-order valence-electron chi connectivity index (χ0n) is 25.1. The van der Waals surface area contributed by atoms with Crippen LogP contribution < -0.4 is 19.3 Å². The van der Waals surface area contributed by atoms with Gasteiger partial charge in [0.25, 0.3) is 11.8 Å². The van der Waals surface area contributed by atoms with Gasteiger partial charge in [0.05, 0.1) is 22.7 Å². The predicted molar refractivity (Wildman–Crippen MR) is 181 cm³/mol. The molecule has 0 saturated carbocycles. The lowest BCUT2D eigenvalue weighted by Gasteiger charge is -2.19. The van der Waals surface area contributed by atoms with Crippen LogP contribution in [-0.4, -0.2) is 49.5 Å². The Bertz CT molecular complexity index is 1770. The number of rotatable bonds is 11. The van der Waals surface area contributed by atoms with Gasteiger partial charge in [0.2, 0.25) is 0 Å². The molecule has 6 rings (SSSR count). The maximum atomic E-state index is 13.6. The van der Waals surface area contributed by atoms with Gasteiger partial charge in [-0.05, 0) is 73.5 Å². The molecule has 0 unspecified atom stereocenters. The number of hydrogen-bond donors (Lipinski definition) is 0. The number of anilines is 2. The molecule has 4 aromatic carbocycles. The summed E-state index contributed by atoms with van der Waals surface area (Å²) in [4.78, 5) is 40.1. The molecule has 0 saturated heterocycles. The van der Waals surface area contributed by atoms with E-state index in [1.54, 1.807) is 58.3 Å². The lowest BCUT2D eigenvalue weighted by atomic mass is 10.1. The molecule has 2 aliphatic rings. The number of fused-ring (bicyclic) bond motifs is 2. The second-order valence-electron chi connectivity index (χ2n) is 10.5. The van der Waals surface area contributed by atoms with E-state index < -0.39 is 0 Å². The Kier molecular flexibility index (Phi) is 8.90. The summed E-state index contributed by atoms with van der Waals surface area (Å²) in [6.45, 7) is 1.35. The number of terminal acetylenes is 2. The molecule has 8 heteroatoms. The molecule has 0 bridgehead atoms. The average molecular weight is 607 g/mol. The van der Waals surface area contributed by atoms with Gasteiger partial charge >= 0.3 is 0 Å². The molecule has 0 fully saturated rings. The van der Waals surface area contributed by atoms with Crippen molar-refractivity contribution in [1.29, 1.82) is 0 Å². The Morgan fingerprint density at radius 1 is 0.565 bits per heavy atom. The summed E-state index contributed by atoms with van der Waals surface area (Å²) in [6, 6.07) is 29.6. The first-order chi connectivity index (χ1) is 22.6. The Balaban J connectivity index is 1.12. The molecule has 0 radical (unpaired) electrons. The Hall–Kier alpha value is -6.12. The summed E-state index contributed by atoms with van der Waals surface area (Å²) in [5, 5.41) is 0. The van der Waals surface area contributed by atoms with E-state index in [1.807, 2.05) is 48.5 Å². The number of benzene rings is 4. The van der Waals surface area contributed by atoms with Gasteiger partial charge in [-0.15, -0.1) is 12.8 Å². The molecule has 8 nitrogen and oxygen atoms in total. The number of carbonyl (C=O) groups is 2. The fourth-order valence-electron chi connectivity index (χ4n) is 5.47. The highest BCUT2D eigenvalue weighted by atomic mass is 16.5. The second-order valence-corrected chi connectivity index (χ2v) is 10.5. The molecule has 2 aliphatic heterocycles. The largest absolute Gasteiger partial charge is 0.481 e. The first-order valence-corrected chi connectivity index (χ1v) is 14.9. The van der Waals surface area contributed by atoms with Crippen molar-refractivity contribution in [3.63, 3.8) is 0 Å². The highest BCUT2D eigenvalue weighted by Crippen LogP contribution is 2.33. The van der Waals surface area contributed by atoms with E-state index in [-0.39, 0.29) is 25.0 Å². The lowest BCUT2D eigenvalue weighted by Crippen LogP contribution is -2.33. The molecule has 0 aliphatic carbocycles. The van der Waals surface area contributed by atoms with Crippen molar-refractivity contribution < 1.29 is 19.1 Å². The SMILES string of the molecule is C#CCOc1ccc(/N=C2/C(=O)N(CCCCN3C(=O)/C(=N/c4ccc(OCC#C)cc4)c4ccccc43)c3ccccc32)cc1. The van der Waals surface area contributed by atoms with Crippen LogP contribution in [0.1, 0.15) is 24.0 Å². The van der Waals surface area contributed by atoms with Gasteiger partial charge in [0, 0.05) is 24.2 Å². The number of nitrogens with zero attached hydrogens (tertiary/aromatic N) is 4. The summed E-state index contributed by atoms with van der Waals surface area (Å²) < 4.78 is 10.9. The van der Waals surface area contributed by atoms with Crippen LogP contribution in [0.15, 0.2) is 107 Å². The van der Waals surface area contributed by atoms with Gasteiger partial charge < -0.3 is 19.3 Å². The minimum absolute atomic E-state index is 0.151. The number of amides is 2. The van der Waals surface area contributed by atoms with Crippen molar-refractivity contribution in [3.8, 4) is 36.2 Å². The lowest BCUT2D eigenvalue weighted by molar-refractivity contribution is -0.113. The normalized spacial score (nSPS) is 15.1. The van der Waals surface area contributed by atoms with Crippen molar-refractivity contribution in [2.45, 2.75) is 12.8 Å². The first kappa shape index (κ1) is 29.9. The third-order valence-corrected chi connectivity index (χ3v) is 7.61. The fraction of sp³-hybridized carbons (Fsp3) is 0.158. The zero-order valence-corrected chi connectivity index (χ0v) is 25.1. The van der Waals surface area contributed by atoms with E-state index in [1.165, 1.54) is 0 Å². The molecule has 4 aromatic rings. The number of aliphatic imine (C=N–C) groups is 2. The molecule has 226 valence electrons. The van der Waals surface area contributed by atoms with Gasteiger partial charge in [-0.2, -0.15) is 0 Å². The van der Waals surface area contributed by atoms with E-state index in [0.29, 0.717) is 60.2 Å². The van der Waals surface area contributed by atoms with Crippen LogP contribution in [0.3, 0.4) is 0 Å². The molecular weight excluding hydrogens is 576 g/mol. The third-order valence-electron chi connectivity index (χ3n) is 7.61. The Morgan fingerprint density at radius 2 is 0.957 bits per heavy atom.